The van der Waals surface area contributed by atoms with Crippen molar-refractivity contribution >= 4 is 29.3 Å². The number of hydrogen-bond acceptors (Lipinski definition) is 4. The van der Waals surface area contributed by atoms with E-state index in [4.69, 9.17) is 10.5 Å². The number of nitrogens with two attached hydrogens (primary N) is 1. The number of para-hydroxylation sites is 1. The summed E-state index contributed by atoms with van der Waals surface area (Å²) in [6, 6.07) is 17.5. The number of alkyl halides is 3. The van der Waals surface area contributed by atoms with Crippen molar-refractivity contribution in [1.82, 2.24) is 0 Å². The van der Waals surface area contributed by atoms with E-state index < -0.39 is 23.6 Å². The van der Waals surface area contributed by atoms with Gasteiger partial charge in [-0.15, -0.1) is 11.8 Å². The molecule has 0 aliphatic rings. The van der Waals surface area contributed by atoms with Crippen LogP contribution in [-0.4, -0.2) is 17.6 Å². The molecule has 5 nitrogen and oxygen atoms in total. The van der Waals surface area contributed by atoms with Gasteiger partial charge in [-0.3, -0.25) is 9.59 Å². The number of primary amides is 1. The Balaban J connectivity index is 1.75. The highest BCUT2D eigenvalue weighted by atomic mass is 32.2. The van der Waals surface area contributed by atoms with Crippen molar-refractivity contribution in [1.29, 1.82) is 0 Å². The molecule has 0 aliphatic heterocycles. The van der Waals surface area contributed by atoms with E-state index in [0.717, 1.165) is 12.1 Å². The molecule has 160 valence electrons. The molecule has 0 saturated carbocycles. The summed E-state index contributed by atoms with van der Waals surface area (Å²) in [7, 11) is 0. The average molecular weight is 446 g/mol. The van der Waals surface area contributed by atoms with E-state index >= 15 is 0 Å². The van der Waals surface area contributed by atoms with Gasteiger partial charge in [0, 0.05) is 10.5 Å². The van der Waals surface area contributed by atoms with Gasteiger partial charge in [0.25, 0.3) is 5.91 Å². The van der Waals surface area contributed by atoms with Crippen LogP contribution in [0.5, 0.6) is 11.5 Å². The lowest BCUT2D eigenvalue weighted by Gasteiger charge is -2.12. The molecule has 0 unspecified atom stereocenters. The number of benzene rings is 3. The standard InChI is InChI=1S/C22H17F3N2O3S/c23-22(24,25)15-6-4-8-17(12-15)30-16-7-3-5-14(11-16)21(29)27-18-9-1-2-10-19(18)31-13-20(26)28/h1-12H,13H2,(H2,26,28)(H,27,29). The Labute approximate surface area is 180 Å². The van der Waals surface area contributed by atoms with Crippen molar-refractivity contribution in [3.05, 3.63) is 83.9 Å². The second-order valence-corrected chi connectivity index (χ2v) is 7.38. The van der Waals surface area contributed by atoms with E-state index in [-0.39, 0.29) is 22.8 Å². The third-order valence-electron chi connectivity index (χ3n) is 4.00. The fraction of sp³-hybridized carbons (Fsp3) is 0.0909. The monoisotopic (exact) mass is 446 g/mol. The molecule has 2 amide bonds. The second-order valence-electron chi connectivity index (χ2n) is 6.36. The first-order chi connectivity index (χ1) is 14.7. The van der Waals surface area contributed by atoms with Gasteiger partial charge < -0.3 is 15.8 Å². The van der Waals surface area contributed by atoms with E-state index in [9.17, 15) is 22.8 Å². The van der Waals surface area contributed by atoms with Gasteiger partial charge in [-0.2, -0.15) is 13.2 Å². The van der Waals surface area contributed by atoms with Crippen LogP contribution in [0, 0.1) is 0 Å². The first-order valence-electron chi connectivity index (χ1n) is 8.99. The maximum atomic E-state index is 12.9. The second kappa shape index (κ2) is 9.57. The SMILES string of the molecule is NC(=O)CSc1ccccc1NC(=O)c1cccc(Oc2cccc(C(F)(F)F)c2)c1. The Morgan fingerprint density at radius 2 is 1.61 bits per heavy atom. The molecule has 0 aromatic heterocycles. The third-order valence-corrected chi connectivity index (χ3v) is 5.09. The van der Waals surface area contributed by atoms with Crippen LogP contribution in [-0.2, 0) is 11.0 Å². The summed E-state index contributed by atoms with van der Waals surface area (Å²) in [5.74, 6) is -0.649. The zero-order valence-electron chi connectivity index (χ0n) is 16.0. The van der Waals surface area contributed by atoms with Crippen molar-refractivity contribution in [2.24, 2.45) is 5.73 Å². The van der Waals surface area contributed by atoms with Gasteiger partial charge in [0.05, 0.1) is 17.0 Å². The van der Waals surface area contributed by atoms with Crippen LogP contribution in [0.1, 0.15) is 15.9 Å². The first-order valence-corrected chi connectivity index (χ1v) is 9.97. The zero-order chi connectivity index (χ0) is 22.4. The molecule has 0 bridgehead atoms. The molecule has 0 radical (unpaired) electrons. The molecule has 31 heavy (non-hydrogen) atoms. The zero-order valence-corrected chi connectivity index (χ0v) is 16.8. The lowest BCUT2D eigenvalue weighted by molar-refractivity contribution is -0.137. The molecule has 0 saturated heterocycles. The highest BCUT2D eigenvalue weighted by Gasteiger charge is 2.30. The Morgan fingerprint density at radius 1 is 0.935 bits per heavy atom. The van der Waals surface area contributed by atoms with Crippen LogP contribution < -0.4 is 15.8 Å². The van der Waals surface area contributed by atoms with Gasteiger partial charge >= 0.3 is 6.18 Å². The fourth-order valence-electron chi connectivity index (χ4n) is 2.61. The third kappa shape index (κ3) is 6.26. The molecule has 0 fully saturated rings. The van der Waals surface area contributed by atoms with Gasteiger partial charge in [0.15, 0.2) is 0 Å². The Kier molecular flexibility index (Phi) is 6.86. The van der Waals surface area contributed by atoms with Crippen molar-refractivity contribution in [2.45, 2.75) is 11.1 Å². The number of anilines is 1. The molecule has 0 heterocycles. The number of nitrogens with one attached hydrogen (secondary N) is 1. The van der Waals surface area contributed by atoms with Crippen LogP contribution >= 0.6 is 11.8 Å². The van der Waals surface area contributed by atoms with Crippen LogP contribution in [0.4, 0.5) is 18.9 Å². The largest absolute Gasteiger partial charge is 0.457 e. The van der Waals surface area contributed by atoms with Gasteiger partial charge in [0.1, 0.15) is 11.5 Å². The number of rotatable bonds is 7. The number of hydrogen-bond donors (Lipinski definition) is 2. The van der Waals surface area contributed by atoms with Crippen molar-refractivity contribution < 1.29 is 27.5 Å². The smallest absolute Gasteiger partial charge is 0.416 e. The minimum Gasteiger partial charge on any atom is -0.457 e. The molecule has 0 spiro atoms. The van der Waals surface area contributed by atoms with E-state index in [2.05, 4.69) is 5.32 Å². The number of halogens is 3. The predicted octanol–water partition coefficient (Wildman–Crippen LogP) is 5.33. The Morgan fingerprint density at radius 3 is 2.32 bits per heavy atom. The Bertz CT molecular complexity index is 1100. The lowest BCUT2D eigenvalue weighted by Crippen LogP contribution is -2.14. The molecule has 3 N–H and O–H groups in total. The normalized spacial score (nSPS) is 11.1. The van der Waals surface area contributed by atoms with Crippen molar-refractivity contribution in [3.63, 3.8) is 0 Å². The topological polar surface area (TPSA) is 81.4 Å². The highest BCUT2D eigenvalue weighted by Crippen LogP contribution is 2.33. The summed E-state index contributed by atoms with van der Waals surface area (Å²) in [4.78, 5) is 24.4. The van der Waals surface area contributed by atoms with Crippen LogP contribution in [0.3, 0.4) is 0 Å². The average Bonchev–Trinajstić information content (AvgIpc) is 2.73. The quantitative estimate of drug-likeness (QED) is 0.481. The molecule has 0 aliphatic carbocycles. The molecule has 0 atom stereocenters. The summed E-state index contributed by atoms with van der Waals surface area (Å²) in [6.07, 6.45) is -4.49. The highest BCUT2D eigenvalue weighted by molar-refractivity contribution is 8.00. The first kappa shape index (κ1) is 22.2. The van der Waals surface area contributed by atoms with Crippen molar-refractivity contribution in [2.75, 3.05) is 11.1 Å². The van der Waals surface area contributed by atoms with Crippen LogP contribution in [0.2, 0.25) is 0 Å². The molecule has 3 aromatic carbocycles. The minimum absolute atomic E-state index is 0.000538. The molecular weight excluding hydrogens is 429 g/mol. The summed E-state index contributed by atoms with van der Waals surface area (Å²) >= 11 is 1.19. The molecule has 3 rings (SSSR count). The lowest BCUT2D eigenvalue weighted by atomic mass is 10.2. The van der Waals surface area contributed by atoms with Crippen molar-refractivity contribution in [3.8, 4) is 11.5 Å². The summed E-state index contributed by atoms with van der Waals surface area (Å²) in [5, 5.41) is 2.75. The predicted molar refractivity (Wildman–Crippen MR) is 112 cm³/mol. The summed E-state index contributed by atoms with van der Waals surface area (Å²) < 4.78 is 44.1. The van der Waals surface area contributed by atoms with Crippen LogP contribution in [0.25, 0.3) is 0 Å². The summed E-state index contributed by atoms with van der Waals surface area (Å²) in [5.41, 5.74) is 5.09. The Hall–Kier alpha value is -3.46. The summed E-state index contributed by atoms with van der Waals surface area (Å²) in [6.45, 7) is 0. The molecule has 3 aromatic rings. The van der Waals surface area contributed by atoms with E-state index in [0.29, 0.717) is 10.6 Å². The van der Waals surface area contributed by atoms with Crippen LogP contribution in [0.15, 0.2) is 77.7 Å². The number of amides is 2. The number of ether oxygens (including phenoxy) is 1. The maximum absolute atomic E-state index is 12.9. The van der Waals surface area contributed by atoms with Gasteiger partial charge in [-0.1, -0.05) is 24.3 Å². The van der Waals surface area contributed by atoms with Gasteiger partial charge in [-0.25, -0.2) is 0 Å². The van der Waals surface area contributed by atoms with E-state index in [1.54, 1.807) is 36.4 Å². The van der Waals surface area contributed by atoms with E-state index in [1.807, 2.05) is 0 Å². The number of carbonyl (C=O) groups excluding carboxylic acids is 2. The van der Waals surface area contributed by atoms with Gasteiger partial charge in [-0.05, 0) is 48.5 Å². The molecular formula is C22H17F3N2O3S. The van der Waals surface area contributed by atoms with E-state index in [1.165, 1.54) is 36.0 Å². The fourth-order valence-corrected chi connectivity index (χ4v) is 3.36. The minimum atomic E-state index is -4.49. The van der Waals surface area contributed by atoms with Gasteiger partial charge in [0.2, 0.25) is 5.91 Å². The number of thioether (sulfide) groups is 1. The maximum Gasteiger partial charge on any atom is 0.416 e. The number of carbonyl (C=O) groups is 2. The molecule has 9 heteroatoms.